The molecule has 0 heterocycles. The van der Waals surface area contributed by atoms with Crippen molar-refractivity contribution in [2.45, 2.75) is 37.2 Å². The number of rotatable bonds is 8. The summed E-state index contributed by atoms with van der Waals surface area (Å²) in [5, 5.41) is 23.5. The quantitative estimate of drug-likeness (QED) is 0.257. The summed E-state index contributed by atoms with van der Waals surface area (Å²) in [6.45, 7) is 3.29. The van der Waals surface area contributed by atoms with Crippen LogP contribution in [0.3, 0.4) is 0 Å². The molecule has 0 saturated carbocycles. The molecule has 2 aromatic rings. The van der Waals surface area contributed by atoms with Crippen LogP contribution in [0.4, 0.5) is 38.1 Å². The number of benzene rings is 2. The molecule has 0 saturated heterocycles. The number of halogens is 5. The lowest BCUT2D eigenvalue weighted by molar-refractivity contribution is -0.273. The highest BCUT2D eigenvalue weighted by Gasteiger charge is 2.35. The van der Waals surface area contributed by atoms with Gasteiger partial charge in [-0.1, -0.05) is 0 Å². The van der Waals surface area contributed by atoms with E-state index in [0.717, 1.165) is 25.3 Å². The highest BCUT2D eigenvalue weighted by Crippen LogP contribution is 2.32. The molecule has 0 aliphatic heterocycles. The average molecular weight is 554 g/mol. The zero-order valence-corrected chi connectivity index (χ0v) is 20.5. The summed E-state index contributed by atoms with van der Waals surface area (Å²) in [5.74, 6) is -13.9. The Morgan fingerprint density at radius 2 is 1.57 bits per heavy atom. The zero-order valence-electron chi connectivity index (χ0n) is 19.7. The molecule has 2 aromatic carbocycles. The van der Waals surface area contributed by atoms with Crippen LogP contribution in [-0.2, 0) is 14.8 Å². The van der Waals surface area contributed by atoms with Crippen LogP contribution < -0.4 is 19.9 Å². The molecule has 16 heteroatoms. The van der Waals surface area contributed by atoms with Crippen molar-refractivity contribution >= 4 is 33.4 Å². The van der Waals surface area contributed by atoms with Gasteiger partial charge in [-0.25, -0.2) is 30.4 Å². The number of aliphatic hydroxyl groups excluding tert-OH is 1. The number of ether oxygens (including phenoxy) is 1. The van der Waals surface area contributed by atoms with Crippen molar-refractivity contribution in [1.29, 1.82) is 0 Å². The Labute approximate surface area is 207 Å². The second-order valence-corrected chi connectivity index (χ2v) is 10.0. The third-order valence-corrected chi connectivity index (χ3v) is 6.25. The molecule has 0 aromatic heterocycles. The van der Waals surface area contributed by atoms with Gasteiger partial charge in [-0.05, 0) is 39.0 Å². The summed E-state index contributed by atoms with van der Waals surface area (Å²) >= 11 is 0. The Balaban J connectivity index is 2.49. The summed E-state index contributed by atoms with van der Waals surface area (Å²) in [7, 11) is -4.25. The van der Waals surface area contributed by atoms with Gasteiger partial charge in [0.25, 0.3) is 10.0 Å². The summed E-state index contributed by atoms with van der Waals surface area (Å²) in [4.78, 5) is 22.8. The number of sulfonamides is 1. The van der Waals surface area contributed by atoms with Gasteiger partial charge in [0.15, 0.2) is 28.2 Å². The summed E-state index contributed by atoms with van der Waals surface area (Å²) < 4.78 is 100. The van der Waals surface area contributed by atoms with Gasteiger partial charge < -0.3 is 30.0 Å². The van der Waals surface area contributed by atoms with Gasteiger partial charge in [0.1, 0.15) is 17.9 Å². The van der Waals surface area contributed by atoms with E-state index in [0.29, 0.717) is 4.90 Å². The molecule has 0 bridgehead atoms. The molecule has 0 aliphatic carbocycles. The standard InChI is InChI=1S/C21H22F5N3O7S/c1-21(2,3)29(20(32)33)11(8-30)19(31)27-10-7-9(5-6-12(10)36-4)28-37(34,35)18-16(25)14(23)13(22)15(24)17(18)26/h5-7,11,28,30H,8H2,1-4H3,(H,27,31)(H,32,33)/p-1/t11-/m0/s1. The van der Waals surface area contributed by atoms with Gasteiger partial charge in [0, 0.05) is 5.54 Å². The van der Waals surface area contributed by atoms with Gasteiger partial charge in [-0.2, -0.15) is 0 Å². The normalized spacial score (nSPS) is 12.6. The minimum Gasteiger partial charge on any atom is -0.530 e. The lowest BCUT2D eigenvalue weighted by Crippen LogP contribution is -2.61. The number of anilines is 2. The molecule has 0 unspecified atom stereocenters. The van der Waals surface area contributed by atoms with E-state index in [2.05, 4.69) is 5.32 Å². The first-order valence-corrected chi connectivity index (χ1v) is 11.6. The summed E-state index contributed by atoms with van der Waals surface area (Å²) in [6.07, 6.45) is -1.78. The highest BCUT2D eigenvalue weighted by molar-refractivity contribution is 7.92. The predicted octanol–water partition coefficient (Wildman–Crippen LogP) is 1.93. The molecule has 2 rings (SSSR count). The van der Waals surface area contributed by atoms with E-state index < -0.39 is 79.9 Å². The number of carboxylic acid groups (broad SMARTS) is 1. The Morgan fingerprint density at radius 1 is 1.05 bits per heavy atom. The van der Waals surface area contributed by atoms with Crippen LogP contribution >= 0.6 is 0 Å². The summed E-state index contributed by atoms with van der Waals surface area (Å²) in [6, 6.07) is 1.21. The van der Waals surface area contributed by atoms with Gasteiger partial charge >= 0.3 is 0 Å². The first-order valence-electron chi connectivity index (χ1n) is 10.1. The maximum atomic E-state index is 14.0. The van der Waals surface area contributed by atoms with Crippen molar-refractivity contribution in [3.8, 4) is 5.75 Å². The molecule has 0 aliphatic rings. The van der Waals surface area contributed by atoms with Gasteiger partial charge in [-0.15, -0.1) is 0 Å². The van der Waals surface area contributed by atoms with Crippen LogP contribution in [0.2, 0.25) is 0 Å². The molecule has 2 amide bonds. The monoisotopic (exact) mass is 554 g/mol. The lowest BCUT2D eigenvalue weighted by Gasteiger charge is -2.42. The molecule has 0 fully saturated rings. The van der Waals surface area contributed by atoms with E-state index in [1.165, 1.54) is 20.8 Å². The lowest BCUT2D eigenvalue weighted by atomic mass is 10.0. The Hall–Kier alpha value is -3.66. The summed E-state index contributed by atoms with van der Waals surface area (Å²) in [5.41, 5.74) is -2.03. The number of hydrogen-bond acceptors (Lipinski definition) is 7. The largest absolute Gasteiger partial charge is 0.530 e. The van der Waals surface area contributed by atoms with Crippen LogP contribution in [0.1, 0.15) is 20.8 Å². The Morgan fingerprint density at radius 3 is 2.00 bits per heavy atom. The zero-order chi connectivity index (χ0) is 28.5. The minimum absolute atomic E-state index is 0.111. The fraction of sp³-hybridized carbons (Fsp3) is 0.333. The second-order valence-electron chi connectivity index (χ2n) is 8.41. The fourth-order valence-electron chi connectivity index (χ4n) is 3.26. The van der Waals surface area contributed by atoms with Crippen LogP contribution in [-0.4, -0.2) is 55.7 Å². The molecule has 1 atom stereocenters. The number of methoxy groups -OCH3 is 1. The van der Waals surface area contributed by atoms with E-state index >= 15 is 0 Å². The third-order valence-electron chi connectivity index (χ3n) is 4.85. The van der Waals surface area contributed by atoms with Crippen molar-refractivity contribution in [3.63, 3.8) is 0 Å². The average Bonchev–Trinajstić information content (AvgIpc) is 2.78. The Kier molecular flexibility index (Phi) is 8.60. The number of carbonyl (C=O) groups is 2. The second kappa shape index (κ2) is 10.8. The van der Waals surface area contributed by atoms with Crippen molar-refractivity contribution in [2.24, 2.45) is 0 Å². The molecule has 3 N–H and O–H groups in total. The fourth-order valence-corrected chi connectivity index (χ4v) is 4.45. The maximum Gasteiger partial charge on any atom is 0.267 e. The van der Waals surface area contributed by atoms with E-state index in [1.807, 2.05) is 0 Å². The van der Waals surface area contributed by atoms with E-state index in [-0.39, 0.29) is 11.4 Å². The van der Waals surface area contributed by atoms with E-state index in [1.54, 1.807) is 4.72 Å². The number of aliphatic hydroxyl groups is 1. The van der Waals surface area contributed by atoms with Crippen molar-refractivity contribution in [1.82, 2.24) is 4.90 Å². The van der Waals surface area contributed by atoms with Crippen LogP contribution in [0, 0.1) is 29.1 Å². The number of carbonyl (C=O) groups excluding carboxylic acids is 2. The van der Waals surface area contributed by atoms with Crippen molar-refractivity contribution in [2.75, 3.05) is 23.8 Å². The number of amides is 2. The van der Waals surface area contributed by atoms with Gasteiger partial charge in [-0.3, -0.25) is 9.52 Å². The minimum atomic E-state index is -5.40. The smallest absolute Gasteiger partial charge is 0.267 e. The molecule has 37 heavy (non-hydrogen) atoms. The SMILES string of the molecule is COc1ccc(NS(=O)(=O)c2c(F)c(F)c(F)c(F)c2F)cc1NC(=O)[C@H](CO)N(C(=O)[O-])C(C)(C)C. The predicted molar refractivity (Wildman–Crippen MR) is 117 cm³/mol. The maximum absolute atomic E-state index is 14.0. The Bertz CT molecular complexity index is 1300. The van der Waals surface area contributed by atoms with Crippen LogP contribution in [0.15, 0.2) is 23.1 Å². The van der Waals surface area contributed by atoms with Gasteiger partial charge in [0.05, 0.1) is 25.1 Å². The third kappa shape index (κ3) is 6.02. The van der Waals surface area contributed by atoms with Crippen LogP contribution in [0.25, 0.3) is 0 Å². The number of hydrogen-bond donors (Lipinski definition) is 3. The molecular weight excluding hydrogens is 533 g/mol. The van der Waals surface area contributed by atoms with Crippen molar-refractivity contribution < 1.29 is 54.9 Å². The van der Waals surface area contributed by atoms with Crippen LogP contribution in [0.5, 0.6) is 5.75 Å². The molecule has 10 nitrogen and oxygen atoms in total. The molecular formula is C21H21F5N3O7S-. The van der Waals surface area contributed by atoms with Gasteiger partial charge in [0.2, 0.25) is 11.7 Å². The number of nitrogens with zero attached hydrogens (tertiary/aromatic N) is 1. The van der Waals surface area contributed by atoms with E-state index in [4.69, 9.17) is 4.74 Å². The topological polar surface area (TPSA) is 148 Å². The number of nitrogens with one attached hydrogen (secondary N) is 2. The molecule has 204 valence electrons. The first kappa shape index (κ1) is 29.6. The van der Waals surface area contributed by atoms with Crippen molar-refractivity contribution in [3.05, 3.63) is 47.3 Å². The molecule has 0 radical (unpaired) electrons. The highest BCUT2D eigenvalue weighted by atomic mass is 32.2. The van der Waals surface area contributed by atoms with E-state index in [9.17, 15) is 50.2 Å². The molecule has 0 spiro atoms. The first-order chi connectivity index (χ1) is 17.0.